The summed E-state index contributed by atoms with van der Waals surface area (Å²) in [6.07, 6.45) is 4.89. The van der Waals surface area contributed by atoms with E-state index in [0.717, 1.165) is 24.3 Å². The molecule has 2 heterocycles. The fraction of sp³-hybridized carbons (Fsp3) is 0.227. The van der Waals surface area contributed by atoms with Crippen LogP contribution in [0.1, 0.15) is 22.3 Å². The van der Waals surface area contributed by atoms with Gasteiger partial charge in [-0.1, -0.05) is 36.4 Å². The van der Waals surface area contributed by atoms with E-state index < -0.39 is 0 Å². The van der Waals surface area contributed by atoms with Crippen molar-refractivity contribution >= 4 is 17.5 Å². The Morgan fingerprint density at radius 2 is 1.79 bits per heavy atom. The molecule has 0 fully saturated rings. The Kier molecular flexibility index (Phi) is 5.47. The maximum absolute atomic E-state index is 12.4. The normalized spacial score (nSPS) is 15.6. The summed E-state index contributed by atoms with van der Waals surface area (Å²) in [5.74, 6) is 1.59. The van der Waals surface area contributed by atoms with Crippen molar-refractivity contribution in [2.45, 2.75) is 12.8 Å². The van der Waals surface area contributed by atoms with Crippen LogP contribution in [0, 0.1) is 5.92 Å². The van der Waals surface area contributed by atoms with Crippen molar-refractivity contribution < 1.29 is 9.53 Å². The average molecular weight is 374 g/mol. The molecule has 2 N–H and O–H groups in total. The number of anilines is 2. The highest BCUT2D eigenvalue weighted by atomic mass is 16.5. The van der Waals surface area contributed by atoms with Crippen LogP contribution >= 0.6 is 0 Å². The predicted octanol–water partition coefficient (Wildman–Crippen LogP) is 3.59. The summed E-state index contributed by atoms with van der Waals surface area (Å²) in [6, 6.07) is 17.8. The molecule has 6 nitrogen and oxygen atoms in total. The van der Waals surface area contributed by atoms with Gasteiger partial charge >= 0.3 is 0 Å². The van der Waals surface area contributed by atoms with Gasteiger partial charge in [-0.2, -0.15) is 0 Å². The van der Waals surface area contributed by atoms with Crippen LogP contribution in [0.15, 0.2) is 67.0 Å². The van der Waals surface area contributed by atoms with E-state index in [2.05, 4.69) is 26.7 Å². The van der Waals surface area contributed by atoms with Crippen LogP contribution in [0.25, 0.3) is 0 Å². The van der Waals surface area contributed by atoms with E-state index in [1.807, 2.05) is 48.5 Å². The second-order valence-corrected chi connectivity index (χ2v) is 6.81. The largest absolute Gasteiger partial charge is 0.493 e. The lowest BCUT2D eigenvalue weighted by molar-refractivity contribution is 0.0944. The molecule has 28 heavy (non-hydrogen) atoms. The monoisotopic (exact) mass is 374 g/mol. The first-order valence-electron chi connectivity index (χ1n) is 9.41. The zero-order valence-electron chi connectivity index (χ0n) is 15.5. The molecule has 0 saturated heterocycles. The van der Waals surface area contributed by atoms with Gasteiger partial charge in [-0.25, -0.2) is 9.97 Å². The third-order valence-electron chi connectivity index (χ3n) is 4.76. The molecule has 2 aromatic carbocycles. The van der Waals surface area contributed by atoms with Crippen LogP contribution in [-0.4, -0.2) is 29.0 Å². The summed E-state index contributed by atoms with van der Waals surface area (Å²) in [4.78, 5) is 20.9. The molecule has 3 aromatic rings. The van der Waals surface area contributed by atoms with Crippen LogP contribution in [0.3, 0.4) is 0 Å². The third-order valence-corrected chi connectivity index (χ3v) is 4.76. The summed E-state index contributed by atoms with van der Waals surface area (Å²) in [6.45, 7) is 1.26. The molecule has 0 spiro atoms. The van der Waals surface area contributed by atoms with Crippen LogP contribution < -0.4 is 15.4 Å². The Balaban J connectivity index is 1.32. The number of rotatable bonds is 5. The maximum Gasteiger partial charge on any atom is 0.254 e. The molecular weight excluding hydrogens is 352 g/mol. The number of carbonyl (C=O) groups is 1. The number of hydrogen-bond acceptors (Lipinski definition) is 5. The van der Waals surface area contributed by atoms with E-state index >= 15 is 0 Å². The molecule has 0 bridgehead atoms. The Morgan fingerprint density at radius 1 is 1.04 bits per heavy atom. The van der Waals surface area contributed by atoms with E-state index in [9.17, 15) is 4.79 Å². The number of hydrogen-bond donors (Lipinski definition) is 2. The quantitative estimate of drug-likeness (QED) is 0.714. The summed E-state index contributed by atoms with van der Waals surface area (Å²) >= 11 is 0. The van der Waals surface area contributed by atoms with Crippen molar-refractivity contribution in [3.05, 3.63) is 78.1 Å². The minimum atomic E-state index is -0.162. The van der Waals surface area contributed by atoms with Crippen molar-refractivity contribution in [2.24, 2.45) is 5.92 Å². The summed E-state index contributed by atoms with van der Waals surface area (Å²) in [5.41, 5.74) is 2.54. The first-order valence-corrected chi connectivity index (χ1v) is 9.41. The van der Waals surface area contributed by atoms with Crippen molar-refractivity contribution in [1.82, 2.24) is 15.3 Å². The fourth-order valence-corrected chi connectivity index (χ4v) is 3.24. The van der Waals surface area contributed by atoms with Gasteiger partial charge in [-0.15, -0.1) is 0 Å². The molecular formula is C22H22N4O2. The van der Waals surface area contributed by atoms with Gasteiger partial charge in [0.2, 0.25) is 5.95 Å². The number of nitrogens with one attached hydrogen (secondary N) is 2. The number of nitrogens with zero attached hydrogens (tertiary/aromatic N) is 2. The molecule has 4 rings (SSSR count). The van der Waals surface area contributed by atoms with E-state index in [1.54, 1.807) is 12.4 Å². The van der Waals surface area contributed by atoms with Gasteiger partial charge in [-0.05, 0) is 42.5 Å². The topological polar surface area (TPSA) is 76.1 Å². The molecule has 1 amide bonds. The molecule has 1 aliphatic rings. The number of ether oxygens (including phenoxy) is 1. The lowest BCUT2D eigenvalue weighted by Crippen LogP contribution is -2.30. The van der Waals surface area contributed by atoms with Crippen molar-refractivity contribution in [1.29, 1.82) is 0 Å². The molecule has 0 aliphatic carbocycles. The lowest BCUT2D eigenvalue weighted by atomic mass is 9.97. The SMILES string of the molecule is O=C(NC[C@H]1CCOc2ccccc2C1)c1cnc(Nc2ccccc2)nc1. The van der Waals surface area contributed by atoms with Crippen molar-refractivity contribution in [2.75, 3.05) is 18.5 Å². The predicted molar refractivity (Wildman–Crippen MR) is 108 cm³/mol. The Hall–Kier alpha value is -3.41. The van der Waals surface area contributed by atoms with Gasteiger partial charge in [0.15, 0.2) is 0 Å². The van der Waals surface area contributed by atoms with Gasteiger partial charge in [0.25, 0.3) is 5.91 Å². The maximum atomic E-state index is 12.4. The lowest BCUT2D eigenvalue weighted by Gasteiger charge is -2.14. The van der Waals surface area contributed by atoms with Crippen LogP contribution in [0.4, 0.5) is 11.6 Å². The Morgan fingerprint density at radius 3 is 2.61 bits per heavy atom. The number of para-hydroxylation sites is 2. The van der Waals surface area contributed by atoms with E-state index in [-0.39, 0.29) is 5.91 Å². The fourth-order valence-electron chi connectivity index (χ4n) is 3.24. The molecule has 6 heteroatoms. The zero-order valence-corrected chi connectivity index (χ0v) is 15.5. The number of benzene rings is 2. The van der Waals surface area contributed by atoms with E-state index in [1.165, 1.54) is 5.56 Å². The molecule has 1 aromatic heterocycles. The molecule has 0 radical (unpaired) electrons. The zero-order chi connectivity index (χ0) is 19.2. The minimum Gasteiger partial charge on any atom is -0.493 e. The Labute approximate surface area is 164 Å². The van der Waals surface area contributed by atoms with Gasteiger partial charge in [-0.3, -0.25) is 4.79 Å². The third kappa shape index (κ3) is 4.46. The average Bonchev–Trinajstić information content (AvgIpc) is 2.95. The van der Waals surface area contributed by atoms with Gasteiger partial charge in [0, 0.05) is 24.6 Å². The van der Waals surface area contributed by atoms with Crippen LogP contribution in [0.2, 0.25) is 0 Å². The molecule has 1 atom stereocenters. The Bertz CT molecular complexity index is 929. The second kappa shape index (κ2) is 8.52. The summed E-state index contributed by atoms with van der Waals surface area (Å²) in [5, 5.41) is 6.10. The van der Waals surface area contributed by atoms with Gasteiger partial charge < -0.3 is 15.4 Å². The van der Waals surface area contributed by atoms with E-state index in [0.29, 0.717) is 30.6 Å². The minimum absolute atomic E-state index is 0.162. The molecule has 1 aliphatic heterocycles. The molecule has 0 unspecified atom stereocenters. The van der Waals surface area contributed by atoms with Crippen LogP contribution in [0.5, 0.6) is 5.75 Å². The second-order valence-electron chi connectivity index (χ2n) is 6.81. The molecule has 142 valence electrons. The summed E-state index contributed by atoms with van der Waals surface area (Å²) < 4.78 is 5.79. The number of fused-ring (bicyclic) bond motifs is 1. The highest BCUT2D eigenvalue weighted by Crippen LogP contribution is 2.26. The smallest absolute Gasteiger partial charge is 0.254 e. The highest BCUT2D eigenvalue weighted by molar-refractivity contribution is 5.93. The standard InChI is InChI=1S/C22H22N4O2/c27-21(18-14-24-22(25-15-18)26-19-7-2-1-3-8-19)23-13-16-10-11-28-20-9-5-4-6-17(20)12-16/h1-9,14-16H,10-13H2,(H,23,27)(H,24,25,26)/t16-/m0/s1. The van der Waals surface area contributed by atoms with Crippen LogP contribution in [-0.2, 0) is 6.42 Å². The van der Waals surface area contributed by atoms with Gasteiger partial charge in [0.1, 0.15) is 5.75 Å². The molecule has 0 saturated carbocycles. The summed E-state index contributed by atoms with van der Waals surface area (Å²) in [7, 11) is 0. The van der Waals surface area contributed by atoms with E-state index in [4.69, 9.17) is 4.74 Å². The highest BCUT2D eigenvalue weighted by Gasteiger charge is 2.18. The number of amides is 1. The van der Waals surface area contributed by atoms with Crippen molar-refractivity contribution in [3.8, 4) is 5.75 Å². The number of carbonyl (C=O) groups excluding carboxylic acids is 1. The first-order chi connectivity index (χ1) is 13.8. The van der Waals surface area contributed by atoms with Crippen molar-refractivity contribution in [3.63, 3.8) is 0 Å². The first kappa shape index (κ1) is 18.0. The van der Waals surface area contributed by atoms with Gasteiger partial charge in [0.05, 0.1) is 12.2 Å². The number of aromatic nitrogens is 2.